The van der Waals surface area contributed by atoms with Crippen molar-refractivity contribution in [3.05, 3.63) is 54.1 Å². The van der Waals surface area contributed by atoms with E-state index < -0.39 is 0 Å². The molecule has 0 aromatic heterocycles. The van der Waals surface area contributed by atoms with Crippen molar-refractivity contribution in [3.63, 3.8) is 0 Å². The van der Waals surface area contributed by atoms with Crippen LogP contribution in [0.5, 0.6) is 5.75 Å². The molecule has 0 radical (unpaired) electrons. The molecule has 31 heavy (non-hydrogen) atoms. The van der Waals surface area contributed by atoms with Crippen molar-refractivity contribution >= 4 is 17.4 Å². The molecule has 1 atom stereocenters. The van der Waals surface area contributed by atoms with Crippen molar-refractivity contribution in [2.75, 3.05) is 70.7 Å². The Morgan fingerprint density at radius 1 is 1.06 bits per heavy atom. The molecule has 2 N–H and O–H groups in total. The van der Waals surface area contributed by atoms with Crippen LogP contribution in [-0.2, 0) is 0 Å². The Bertz CT molecular complexity index is 832. The van der Waals surface area contributed by atoms with Gasteiger partial charge in [-0.25, -0.2) is 4.79 Å². The van der Waals surface area contributed by atoms with Crippen molar-refractivity contribution in [1.29, 1.82) is 0 Å². The van der Waals surface area contributed by atoms with Crippen molar-refractivity contribution in [2.45, 2.75) is 13.0 Å². The number of likely N-dealkylation sites (N-methyl/N-ethyl adjacent to an activating group) is 1. The first-order chi connectivity index (χ1) is 15.0. The molecule has 1 fully saturated rings. The Morgan fingerprint density at radius 2 is 1.74 bits per heavy atom. The van der Waals surface area contributed by atoms with Crippen molar-refractivity contribution < 1.29 is 9.53 Å². The van der Waals surface area contributed by atoms with Gasteiger partial charge in [-0.2, -0.15) is 0 Å². The molecule has 1 saturated heterocycles. The van der Waals surface area contributed by atoms with E-state index in [1.807, 2.05) is 45.3 Å². The van der Waals surface area contributed by atoms with Crippen LogP contribution in [0.2, 0.25) is 0 Å². The average molecular weight is 426 g/mol. The zero-order valence-corrected chi connectivity index (χ0v) is 19.1. The monoisotopic (exact) mass is 425 g/mol. The van der Waals surface area contributed by atoms with E-state index in [0.717, 1.165) is 26.2 Å². The number of para-hydroxylation sites is 2. The molecule has 7 nitrogen and oxygen atoms in total. The summed E-state index contributed by atoms with van der Waals surface area (Å²) in [4.78, 5) is 19.6. The van der Waals surface area contributed by atoms with Crippen molar-refractivity contribution in [3.8, 4) is 5.75 Å². The summed E-state index contributed by atoms with van der Waals surface area (Å²) in [6, 6.07) is 16.0. The summed E-state index contributed by atoms with van der Waals surface area (Å²) in [6.45, 7) is 7.03. The highest BCUT2D eigenvalue weighted by molar-refractivity contribution is 5.90. The number of urea groups is 1. The highest BCUT2D eigenvalue weighted by atomic mass is 16.5. The first-order valence-corrected chi connectivity index (χ1v) is 10.9. The Balaban J connectivity index is 1.69. The molecule has 3 rings (SSSR count). The number of benzene rings is 2. The molecule has 1 aliphatic rings. The van der Waals surface area contributed by atoms with E-state index in [0.29, 0.717) is 24.6 Å². The van der Waals surface area contributed by atoms with Crippen LogP contribution in [-0.4, -0.2) is 76.3 Å². The zero-order chi connectivity index (χ0) is 22.2. The van der Waals surface area contributed by atoms with Crippen LogP contribution in [0.1, 0.15) is 18.5 Å². The van der Waals surface area contributed by atoms with Gasteiger partial charge in [0, 0.05) is 52.5 Å². The Labute approximate surface area is 186 Å². The van der Waals surface area contributed by atoms with Gasteiger partial charge < -0.3 is 25.2 Å². The number of rotatable bonds is 8. The predicted molar refractivity (Wildman–Crippen MR) is 127 cm³/mol. The van der Waals surface area contributed by atoms with E-state index in [9.17, 15) is 4.79 Å². The standard InChI is InChI=1S/C24H35N5O2/c1-5-31-23-9-7-6-8-21(23)26-24(30)25-18-22(29-16-14-28(4)15-17-29)19-10-12-20(13-11-19)27(2)3/h6-13,22H,5,14-18H2,1-4H3,(H2,25,26,30). The smallest absolute Gasteiger partial charge is 0.319 e. The van der Waals surface area contributed by atoms with Crippen molar-refractivity contribution in [1.82, 2.24) is 15.1 Å². The van der Waals surface area contributed by atoms with Crippen LogP contribution in [0, 0.1) is 0 Å². The molecule has 2 amide bonds. The Kier molecular flexibility index (Phi) is 8.14. The second kappa shape index (κ2) is 11.0. The number of carbonyl (C=O) groups excluding carboxylic acids is 1. The summed E-state index contributed by atoms with van der Waals surface area (Å²) in [7, 11) is 6.23. The lowest BCUT2D eigenvalue weighted by Crippen LogP contribution is -2.48. The summed E-state index contributed by atoms with van der Waals surface area (Å²) < 4.78 is 5.61. The number of carbonyl (C=O) groups is 1. The third-order valence-electron chi connectivity index (χ3n) is 5.66. The lowest BCUT2D eigenvalue weighted by atomic mass is 10.0. The second-order valence-corrected chi connectivity index (χ2v) is 8.11. The zero-order valence-electron chi connectivity index (χ0n) is 19.1. The number of amides is 2. The van der Waals surface area contributed by atoms with Crippen molar-refractivity contribution in [2.24, 2.45) is 0 Å². The summed E-state index contributed by atoms with van der Waals surface area (Å²) in [5.74, 6) is 0.676. The number of nitrogens with one attached hydrogen (secondary N) is 2. The largest absolute Gasteiger partial charge is 0.492 e. The molecule has 0 saturated carbocycles. The number of hydrogen-bond donors (Lipinski definition) is 2. The molecule has 2 aromatic rings. The van der Waals surface area contributed by atoms with Gasteiger partial charge in [0.25, 0.3) is 0 Å². The van der Waals surface area contributed by atoms with Gasteiger partial charge in [0.1, 0.15) is 5.75 Å². The van der Waals surface area contributed by atoms with Crippen LogP contribution in [0.15, 0.2) is 48.5 Å². The van der Waals surface area contributed by atoms with Crippen LogP contribution < -0.4 is 20.3 Å². The maximum atomic E-state index is 12.7. The maximum Gasteiger partial charge on any atom is 0.319 e. The normalized spacial score (nSPS) is 15.9. The molecular weight excluding hydrogens is 390 g/mol. The maximum absolute atomic E-state index is 12.7. The van der Waals surface area contributed by atoms with E-state index in [-0.39, 0.29) is 12.1 Å². The molecule has 1 aliphatic heterocycles. The van der Waals surface area contributed by atoms with Crippen LogP contribution >= 0.6 is 0 Å². The minimum absolute atomic E-state index is 0.123. The highest BCUT2D eigenvalue weighted by Gasteiger charge is 2.24. The second-order valence-electron chi connectivity index (χ2n) is 8.11. The number of nitrogens with zero attached hydrogens (tertiary/aromatic N) is 3. The fourth-order valence-corrected chi connectivity index (χ4v) is 3.79. The van der Waals surface area contributed by atoms with Gasteiger partial charge in [0.15, 0.2) is 0 Å². The van der Waals surface area contributed by atoms with Crippen LogP contribution in [0.4, 0.5) is 16.2 Å². The first-order valence-electron chi connectivity index (χ1n) is 10.9. The first kappa shape index (κ1) is 22.9. The molecule has 0 aliphatic carbocycles. The molecule has 168 valence electrons. The topological polar surface area (TPSA) is 60.1 Å². The fourth-order valence-electron chi connectivity index (χ4n) is 3.79. The van der Waals surface area contributed by atoms with Gasteiger partial charge in [0.2, 0.25) is 0 Å². The predicted octanol–water partition coefficient (Wildman–Crippen LogP) is 3.26. The van der Waals surface area contributed by atoms with Gasteiger partial charge >= 0.3 is 6.03 Å². The minimum Gasteiger partial charge on any atom is -0.492 e. The summed E-state index contributed by atoms with van der Waals surface area (Å²) in [5.41, 5.74) is 3.05. The Morgan fingerprint density at radius 3 is 2.39 bits per heavy atom. The summed E-state index contributed by atoms with van der Waals surface area (Å²) in [6.07, 6.45) is 0. The van der Waals surface area contributed by atoms with Crippen LogP contribution in [0.25, 0.3) is 0 Å². The molecule has 1 heterocycles. The average Bonchev–Trinajstić information content (AvgIpc) is 2.77. The highest BCUT2D eigenvalue weighted by Crippen LogP contribution is 2.25. The Hall–Kier alpha value is -2.77. The van der Waals surface area contributed by atoms with Crippen LogP contribution in [0.3, 0.4) is 0 Å². The number of anilines is 2. The van der Waals surface area contributed by atoms with Gasteiger partial charge in [-0.3, -0.25) is 4.90 Å². The lowest BCUT2D eigenvalue weighted by molar-refractivity contribution is 0.111. The van der Waals surface area contributed by atoms with Gasteiger partial charge in [-0.05, 0) is 43.8 Å². The van der Waals surface area contributed by atoms with E-state index in [1.54, 1.807) is 0 Å². The van der Waals surface area contributed by atoms with E-state index in [4.69, 9.17) is 4.74 Å². The SMILES string of the molecule is CCOc1ccccc1NC(=O)NCC(c1ccc(N(C)C)cc1)N1CCN(C)CC1. The number of ether oxygens (including phenoxy) is 1. The third kappa shape index (κ3) is 6.35. The van der Waals surface area contributed by atoms with E-state index in [2.05, 4.69) is 56.6 Å². The van der Waals surface area contributed by atoms with Gasteiger partial charge in [-0.15, -0.1) is 0 Å². The molecule has 0 bridgehead atoms. The fraction of sp³-hybridized carbons (Fsp3) is 0.458. The molecular formula is C24H35N5O2. The van der Waals surface area contributed by atoms with E-state index >= 15 is 0 Å². The molecule has 1 unspecified atom stereocenters. The molecule has 7 heteroatoms. The summed E-state index contributed by atoms with van der Waals surface area (Å²) in [5, 5.41) is 6.00. The summed E-state index contributed by atoms with van der Waals surface area (Å²) >= 11 is 0. The van der Waals surface area contributed by atoms with E-state index in [1.165, 1.54) is 11.3 Å². The van der Waals surface area contributed by atoms with Gasteiger partial charge in [-0.1, -0.05) is 24.3 Å². The minimum atomic E-state index is -0.226. The number of hydrogen-bond acceptors (Lipinski definition) is 5. The van der Waals surface area contributed by atoms with Gasteiger partial charge in [0.05, 0.1) is 18.3 Å². The quantitative estimate of drug-likeness (QED) is 0.680. The lowest BCUT2D eigenvalue weighted by Gasteiger charge is -2.38. The third-order valence-corrected chi connectivity index (χ3v) is 5.66. The molecule has 0 spiro atoms. The molecule has 2 aromatic carbocycles. The number of piperazine rings is 1.